The predicted octanol–water partition coefficient (Wildman–Crippen LogP) is 3.03. The van der Waals surface area contributed by atoms with Crippen molar-refractivity contribution < 1.29 is 22.7 Å². The molecular formula is C11H10ClF3O2. The minimum Gasteiger partial charge on any atom is -0.364 e. The van der Waals surface area contributed by atoms with Gasteiger partial charge in [-0.05, 0) is 17.7 Å². The second kappa shape index (κ2) is 6.02. The molecule has 0 fully saturated rings. The number of carbonyl (C=O) groups excluding carboxylic acids is 1. The van der Waals surface area contributed by atoms with E-state index in [-0.39, 0.29) is 6.42 Å². The average molecular weight is 267 g/mol. The molecule has 0 heterocycles. The molecule has 0 radical (unpaired) electrons. The third-order valence-electron chi connectivity index (χ3n) is 1.84. The highest BCUT2D eigenvalue weighted by Gasteiger charge is 2.27. The predicted molar refractivity (Wildman–Crippen MR) is 57.0 cm³/mol. The SMILES string of the molecule is O=C(COCC(F)(F)F)Cc1ccc(Cl)cc1. The van der Waals surface area contributed by atoms with Crippen molar-refractivity contribution in [1.29, 1.82) is 0 Å². The topological polar surface area (TPSA) is 26.3 Å². The van der Waals surface area contributed by atoms with Crippen LogP contribution >= 0.6 is 11.6 Å². The zero-order valence-corrected chi connectivity index (χ0v) is 9.52. The second-order valence-corrected chi connectivity index (χ2v) is 3.89. The van der Waals surface area contributed by atoms with E-state index in [1.54, 1.807) is 24.3 Å². The van der Waals surface area contributed by atoms with Gasteiger partial charge in [0.2, 0.25) is 0 Å². The van der Waals surface area contributed by atoms with Gasteiger partial charge in [0.05, 0.1) is 0 Å². The molecule has 1 aromatic rings. The number of alkyl halides is 3. The van der Waals surface area contributed by atoms with Crippen LogP contribution < -0.4 is 0 Å². The van der Waals surface area contributed by atoms with Gasteiger partial charge >= 0.3 is 6.18 Å². The van der Waals surface area contributed by atoms with Crippen molar-refractivity contribution in [2.24, 2.45) is 0 Å². The molecule has 0 aliphatic rings. The van der Waals surface area contributed by atoms with E-state index in [2.05, 4.69) is 4.74 Å². The fourth-order valence-electron chi connectivity index (χ4n) is 1.16. The molecule has 1 aromatic carbocycles. The number of hydrogen-bond donors (Lipinski definition) is 0. The Kier molecular flexibility index (Phi) is 4.96. The number of rotatable bonds is 5. The van der Waals surface area contributed by atoms with E-state index >= 15 is 0 Å². The number of carbonyl (C=O) groups is 1. The standard InChI is InChI=1S/C11H10ClF3O2/c12-9-3-1-8(2-4-9)5-10(16)6-17-7-11(13,14)15/h1-4H,5-7H2. The largest absolute Gasteiger partial charge is 0.411 e. The third kappa shape index (κ3) is 6.28. The summed E-state index contributed by atoms with van der Waals surface area (Å²) in [6.45, 7) is -1.94. The molecule has 0 saturated heterocycles. The summed E-state index contributed by atoms with van der Waals surface area (Å²) in [7, 11) is 0. The lowest BCUT2D eigenvalue weighted by molar-refractivity contribution is -0.175. The maximum atomic E-state index is 11.7. The van der Waals surface area contributed by atoms with Crippen molar-refractivity contribution in [3.8, 4) is 0 Å². The number of halogens is 4. The van der Waals surface area contributed by atoms with E-state index in [0.717, 1.165) is 0 Å². The van der Waals surface area contributed by atoms with Crippen LogP contribution in [0.15, 0.2) is 24.3 Å². The molecular weight excluding hydrogens is 257 g/mol. The molecule has 0 atom stereocenters. The number of ketones is 1. The van der Waals surface area contributed by atoms with E-state index in [1.807, 2.05) is 0 Å². The van der Waals surface area contributed by atoms with Gasteiger partial charge in [0, 0.05) is 11.4 Å². The summed E-state index contributed by atoms with van der Waals surface area (Å²) < 4.78 is 39.4. The van der Waals surface area contributed by atoms with Gasteiger partial charge in [0.1, 0.15) is 13.2 Å². The van der Waals surface area contributed by atoms with E-state index in [9.17, 15) is 18.0 Å². The molecule has 0 N–H and O–H groups in total. The van der Waals surface area contributed by atoms with Gasteiger partial charge in [0.25, 0.3) is 0 Å². The summed E-state index contributed by atoms with van der Waals surface area (Å²) in [6.07, 6.45) is -4.37. The van der Waals surface area contributed by atoms with Crippen molar-refractivity contribution in [2.45, 2.75) is 12.6 Å². The Morgan fingerprint density at radius 1 is 1.24 bits per heavy atom. The van der Waals surface area contributed by atoms with Crippen LogP contribution in [0.1, 0.15) is 5.56 Å². The normalized spacial score (nSPS) is 11.5. The summed E-state index contributed by atoms with van der Waals surface area (Å²) in [5.74, 6) is -0.406. The first-order valence-electron chi connectivity index (χ1n) is 4.77. The van der Waals surface area contributed by atoms with Crippen molar-refractivity contribution in [1.82, 2.24) is 0 Å². The Balaban J connectivity index is 2.32. The number of ether oxygens (including phenoxy) is 1. The van der Waals surface area contributed by atoms with Crippen molar-refractivity contribution in [3.63, 3.8) is 0 Å². The Morgan fingerprint density at radius 2 is 1.82 bits per heavy atom. The van der Waals surface area contributed by atoms with Crippen LogP contribution in [0.5, 0.6) is 0 Å². The summed E-state index contributed by atoms with van der Waals surface area (Å²) in [4.78, 5) is 11.3. The van der Waals surface area contributed by atoms with Crippen LogP contribution in [-0.4, -0.2) is 25.2 Å². The molecule has 6 heteroatoms. The minimum absolute atomic E-state index is 0.0367. The first-order valence-corrected chi connectivity index (χ1v) is 5.15. The Hall–Kier alpha value is -1.07. The van der Waals surface area contributed by atoms with Crippen LogP contribution in [0.25, 0.3) is 0 Å². The van der Waals surface area contributed by atoms with Crippen molar-refractivity contribution in [2.75, 3.05) is 13.2 Å². The Labute approximate surface area is 101 Å². The van der Waals surface area contributed by atoms with Crippen molar-refractivity contribution >= 4 is 17.4 Å². The molecule has 0 aromatic heterocycles. The lowest BCUT2D eigenvalue weighted by atomic mass is 10.1. The molecule has 94 valence electrons. The molecule has 0 bridgehead atoms. The number of Topliss-reactive ketones (excluding diaryl/α,β-unsaturated/α-hetero) is 1. The van der Waals surface area contributed by atoms with Gasteiger partial charge in [-0.25, -0.2) is 0 Å². The summed E-state index contributed by atoms with van der Waals surface area (Å²) >= 11 is 5.65. The quantitative estimate of drug-likeness (QED) is 0.819. The maximum absolute atomic E-state index is 11.7. The number of hydrogen-bond acceptors (Lipinski definition) is 2. The molecule has 0 unspecified atom stereocenters. The summed E-state index contributed by atoms with van der Waals surface area (Å²) in [5, 5.41) is 0.537. The fourth-order valence-corrected chi connectivity index (χ4v) is 1.29. The van der Waals surface area contributed by atoms with E-state index in [0.29, 0.717) is 10.6 Å². The smallest absolute Gasteiger partial charge is 0.364 e. The Morgan fingerprint density at radius 3 is 2.35 bits per heavy atom. The molecule has 0 aliphatic carbocycles. The molecule has 2 nitrogen and oxygen atoms in total. The van der Waals surface area contributed by atoms with Crippen LogP contribution in [0.2, 0.25) is 5.02 Å². The molecule has 17 heavy (non-hydrogen) atoms. The second-order valence-electron chi connectivity index (χ2n) is 3.45. The van der Waals surface area contributed by atoms with E-state index < -0.39 is 25.2 Å². The first kappa shape index (κ1) is 14.0. The van der Waals surface area contributed by atoms with Crippen LogP contribution in [0.4, 0.5) is 13.2 Å². The fraction of sp³-hybridized carbons (Fsp3) is 0.364. The monoisotopic (exact) mass is 266 g/mol. The minimum atomic E-state index is -4.40. The van der Waals surface area contributed by atoms with Gasteiger partial charge in [-0.2, -0.15) is 13.2 Å². The molecule has 0 spiro atoms. The maximum Gasteiger partial charge on any atom is 0.411 e. The third-order valence-corrected chi connectivity index (χ3v) is 2.10. The van der Waals surface area contributed by atoms with Gasteiger partial charge in [-0.3, -0.25) is 4.79 Å². The highest BCUT2D eigenvalue weighted by molar-refractivity contribution is 6.30. The summed E-state index contributed by atoms with van der Waals surface area (Å²) in [6, 6.07) is 6.51. The average Bonchev–Trinajstić information content (AvgIpc) is 2.19. The molecule has 0 amide bonds. The van der Waals surface area contributed by atoms with Crippen LogP contribution in [0, 0.1) is 0 Å². The molecule has 1 rings (SSSR count). The lowest BCUT2D eigenvalue weighted by Crippen LogP contribution is -2.21. The zero-order valence-electron chi connectivity index (χ0n) is 8.76. The van der Waals surface area contributed by atoms with Gasteiger partial charge in [-0.1, -0.05) is 23.7 Å². The zero-order chi connectivity index (χ0) is 12.9. The number of benzene rings is 1. The van der Waals surface area contributed by atoms with Crippen LogP contribution in [-0.2, 0) is 16.0 Å². The van der Waals surface area contributed by atoms with Gasteiger partial charge in [-0.15, -0.1) is 0 Å². The first-order chi connectivity index (χ1) is 7.87. The van der Waals surface area contributed by atoms with Gasteiger partial charge in [0.15, 0.2) is 5.78 Å². The molecule has 0 aliphatic heterocycles. The van der Waals surface area contributed by atoms with Crippen molar-refractivity contribution in [3.05, 3.63) is 34.9 Å². The molecule has 0 saturated carbocycles. The van der Waals surface area contributed by atoms with Crippen LogP contribution in [0.3, 0.4) is 0 Å². The van der Waals surface area contributed by atoms with Gasteiger partial charge < -0.3 is 4.74 Å². The Bertz CT molecular complexity index is 373. The highest BCUT2D eigenvalue weighted by Crippen LogP contribution is 2.14. The highest BCUT2D eigenvalue weighted by atomic mass is 35.5. The summed E-state index contributed by atoms with van der Waals surface area (Å²) in [5.41, 5.74) is 0.690. The lowest BCUT2D eigenvalue weighted by Gasteiger charge is -2.06. The van der Waals surface area contributed by atoms with E-state index in [4.69, 9.17) is 11.6 Å². The van der Waals surface area contributed by atoms with E-state index in [1.165, 1.54) is 0 Å².